The molecule has 112 valence electrons. The van der Waals surface area contributed by atoms with Gasteiger partial charge < -0.3 is 14.5 Å². The number of aromatic nitrogens is 3. The summed E-state index contributed by atoms with van der Waals surface area (Å²) < 4.78 is 5.32. The molecule has 1 N–H and O–H groups in total. The van der Waals surface area contributed by atoms with Gasteiger partial charge >= 0.3 is 0 Å². The Labute approximate surface area is 128 Å². The van der Waals surface area contributed by atoms with E-state index in [-0.39, 0.29) is 6.61 Å². The van der Waals surface area contributed by atoms with Gasteiger partial charge in [-0.05, 0) is 28.9 Å². The molecule has 0 spiro atoms. The van der Waals surface area contributed by atoms with Crippen molar-refractivity contribution >= 4 is 5.95 Å². The highest BCUT2D eigenvalue weighted by molar-refractivity contribution is 5.54. The molecule has 0 aliphatic heterocycles. The molecular formula is C16H16N4O2. The van der Waals surface area contributed by atoms with Crippen LogP contribution in [0.4, 0.5) is 5.95 Å². The van der Waals surface area contributed by atoms with Gasteiger partial charge in [-0.2, -0.15) is 4.98 Å². The molecule has 3 rings (SSSR count). The van der Waals surface area contributed by atoms with E-state index in [1.165, 1.54) is 0 Å². The van der Waals surface area contributed by atoms with Crippen molar-refractivity contribution in [1.82, 2.24) is 15.1 Å². The molecular weight excluding hydrogens is 280 g/mol. The highest BCUT2D eigenvalue weighted by atomic mass is 16.5. The van der Waals surface area contributed by atoms with E-state index in [0.717, 1.165) is 11.1 Å². The first-order chi connectivity index (χ1) is 10.9. The predicted octanol–water partition coefficient (Wildman–Crippen LogP) is 2.13. The maximum Gasteiger partial charge on any atom is 0.266 e. The van der Waals surface area contributed by atoms with E-state index in [1.54, 1.807) is 12.4 Å². The molecule has 0 amide bonds. The van der Waals surface area contributed by atoms with Crippen LogP contribution in [0.25, 0.3) is 11.5 Å². The molecule has 6 heteroatoms. The number of aliphatic hydroxyl groups is 1. The highest BCUT2D eigenvalue weighted by Gasteiger charge is 2.15. The lowest BCUT2D eigenvalue weighted by Gasteiger charge is -2.18. The van der Waals surface area contributed by atoms with Crippen LogP contribution >= 0.6 is 0 Å². The molecule has 2 aromatic heterocycles. The standard InChI is InChI=1S/C16H16N4O2/c21-10-9-20(12-13-5-4-8-17-11-13)16-18-15(22-19-16)14-6-2-1-3-7-14/h1-8,11,21H,9-10,12H2. The van der Waals surface area contributed by atoms with Crippen molar-refractivity contribution in [2.24, 2.45) is 0 Å². The molecule has 3 aromatic rings. The second-order valence-corrected chi connectivity index (χ2v) is 4.77. The van der Waals surface area contributed by atoms with Crippen LogP contribution in [-0.4, -0.2) is 33.4 Å². The number of nitrogens with zero attached hydrogens (tertiary/aromatic N) is 4. The summed E-state index contributed by atoms with van der Waals surface area (Å²) in [4.78, 5) is 10.4. The Morgan fingerprint density at radius 3 is 2.68 bits per heavy atom. The zero-order valence-corrected chi connectivity index (χ0v) is 12.0. The molecule has 0 unspecified atom stereocenters. The number of rotatable bonds is 6. The van der Waals surface area contributed by atoms with E-state index in [1.807, 2.05) is 47.4 Å². The number of anilines is 1. The minimum atomic E-state index is 0.00940. The predicted molar refractivity (Wildman–Crippen MR) is 82.1 cm³/mol. The summed E-state index contributed by atoms with van der Waals surface area (Å²) in [5, 5.41) is 13.3. The first-order valence-electron chi connectivity index (χ1n) is 7.00. The van der Waals surface area contributed by atoms with Crippen molar-refractivity contribution in [2.75, 3.05) is 18.1 Å². The fourth-order valence-corrected chi connectivity index (χ4v) is 2.12. The van der Waals surface area contributed by atoms with Crippen LogP contribution in [0.15, 0.2) is 59.4 Å². The van der Waals surface area contributed by atoms with Gasteiger partial charge in [-0.25, -0.2) is 0 Å². The van der Waals surface area contributed by atoms with Crippen molar-refractivity contribution in [1.29, 1.82) is 0 Å². The van der Waals surface area contributed by atoms with Crippen molar-refractivity contribution in [3.63, 3.8) is 0 Å². The third-order valence-electron chi connectivity index (χ3n) is 3.19. The van der Waals surface area contributed by atoms with Gasteiger partial charge in [0, 0.05) is 31.0 Å². The molecule has 0 aliphatic carbocycles. The van der Waals surface area contributed by atoms with Crippen molar-refractivity contribution in [2.45, 2.75) is 6.54 Å². The Bertz CT molecular complexity index is 700. The molecule has 22 heavy (non-hydrogen) atoms. The quantitative estimate of drug-likeness (QED) is 0.751. The van der Waals surface area contributed by atoms with Crippen LogP contribution in [0.2, 0.25) is 0 Å². The van der Waals surface area contributed by atoms with Gasteiger partial charge in [0.2, 0.25) is 0 Å². The zero-order chi connectivity index (χ0) is 15.2. The van der Waals surface area contributed by atoms with E-state index in [4.69, 9.17) is 4.52 Å². The minimum absolute atomic E-state index is 0.00940. The second-order valence-electron chi connectivity index (χ2n) is 4.77. The van der Waals surface area contributed by atoms with Crippen molar-refractivity contribution in [3.8, 4) is 11.5 Å². The lowest BCUT2D eigenvalue weighted by atomic mass is 10.2. The van der Waals surface area contributed by atoms with Gasteiger partial charge in [0.05, 0.1) is 6.61 Å². The second kappa shape index (κ2) is 6.82. The van der Waals surface area contributed by atoms with Crippen LogP contribution in [0.1, 0.15) is 5.56 Å². The van der Waals surface area contributed by atoms with E-state index in [2.05, 4.69) is 15.1 Å². The first kappa shape index (κ1) is 14.2. The van der Waals surface area contributed by atoms with E-state index in [9.17, 15) is 5.11 Å². The highest BCUT2D eigenvalue weighted by Crippen LogP contribution is 2.20. The number of aliphatic hydroxyl groups excluding tert-OH is 1. The maximum atomic E-state index is 9.26. The molecule has 0 saturated heterocycles. The van der Waals surface area contributed by atoms with Crippen LogP contribution in [0.5, 0.6) is 0 Å². The fraction of sp³-hybridized carbons (Fsp3) is 0.188. The smallest absolute Gasteiger partial charge is 0.266 e. The molecule has 1 aromatic carbocycles. The SMILES string of the molecule is OCCN(Cc1cccnc1)c1noc(-c2ccccc2)n1. The normalized spacial score (nSPS) is 10.6. The average molecular weight is 296 g/mol. The summed E-state index contributed by atoms with van der Waals surface area (Å²) in [5.41, 5.74) is 1.88. The number of hydrogen-bond donors (Lipinski definition) is 1. The third-order valence-corrected chi connectivity index (χ3v) is 3.19. The lowest BCUT2D eigenvalue weighted by molar-refractivity contribution is 0.300. The monoisotopic (exact) mass is 296 g/mol. The Kier molecular flexibility index (Phi) is 4.41. The van der Waals surface area contributed by atoms with Crippen LogP contribution in [-0.2, 0) is 6.54 Å². The molecule has 0 bridgehead atoms. The Balaban J connectivity index is 1.82. The number of benzene rings is 1. The van der Waals surface area contributed by atoms with Crippen LogP contribution < -0.4 is 4.90 Å². The zero-order valence-electron chi connectivity index (χ0n) is 12.0. The summed E-state index contributed by atoms with van der Waals surface area (Å²) in [5.74, 6) is 0.918. The summed E-state index contributed by atoms with van der Waals surface area (Å²) in [7, 11) is 0. The molecule has 0 aliphatic rings. The molecule has 2 heterocycles. The van der Waals surface area contributed by atoms with Gasteiger partial charge in [-0.15, -0.1) is 0 Å². The van der Waals surface area contributed by atoms with Gasteiger partial charge in [0.1, 0.15) is 0 Å². The van der Waals surface area contributed by atoms with E-state index in [0.29, 0.717) is 24.9 Å². The van der Waals surface area contributed by atoms with Gasteiger partial charge in [-0.3, -0.25) is 4.98 Å². The minimum Gasteiger partial charge on any atom is -0.395 e. The van der Waals surface area contributed by atoms with Gasteiger partial charge in [-0.1, -0.05) is 24.3 Å². The van der Waals surface area contributed by atoms with Crippen LogP contribution in [0, 0.1) is 0 Å². The summed E-state index contributed by atoms with van der Waals surface area (Å²) >= 11 is 0. The Morgan fingerprint density at radius 2 is 1.95 bits per heavy atom. The Morgan fingerprint density at radius 1 is 1.09 bits per heavy atom. The average Bonchev–Trinajstić information content (AvgIpc) is 3.06. The molecule has 6 nitrogen and oxygen atoms in total. The van der Waals surface area contributed by atoms with Gasteiger partial charge in [0.25, 0.3) is 11.8 Å². The third kappa shape index (κ3) is 3.29. The van der Waals surface area contributed by atoms with Crippen LogP contribution in [0.3, 0.4) is 0 Å². The topological polar surface area (TPSA) is 75.3 Å². The Hall–Kier alpha value is -2.73. The largest absolute Gasteiger partial charge is 0.395 e. The fourth-order valence-electron chi connectivity index (χ4n) is 2.12. The summed E-state index contributed by atoms with van der Waals surface area (Å²) in [6.07, 6.45) is 3.50. The molecule has 0 saturated carbocycles. The first-order valence-corrected chi connectivity index (χ1v) is 7.00. The lowest BCUT2D eigenvalue weighted by Crippen LogP contribution is -2.27. The molecule has 0 atom stereocenters. The molecule has 0 fully saturated rings. The van der Waals surface area contributed by atoms with Crippen molar-refractivity contribution in [3.05, 3.63) is 60.4 Å². The summed E-state index contributed by atoms with van der Waals surface area (Å²) in [6, 6.07) is 13.4. The maximum absolute atomic E-state index is 9.26. The van der Waals surface area contributed by atoms with E-state index >= 15 is 0 Å². The summed E-state index contributed by atoms with van der Waals surface area (Å²) in [6.45, 7) is 0.986. The number of pyridine rings is 1. The molecule has 0 radical (unpaired) electrons. The van der Waals surface area contributed by atoms with Gasteiger partial charge in [0.15, 0.2) is 0 Å². The number of hydrogen-bond acceptors (Lipinski definition) is 6. The van der Waals surface area contributed by atoms with E-state index < -0.39 is 0 Å². The van der Waals surface area contributed by atoms with Crippen molar-refractivity contribution < 1.29 is 9.63 Å².